The number of fused-ring (bicyclic) bond motifs is 1. The van der Waals surface area contributed by atoms with Gasteiger partial charge in [-0.3, -0.25) is 0 Å². The molecule has 5 aromatic rings. The molecule has 0 bridgehead atoms. The first-order valence-electron chi connectivity index (χ1n) is 20.6. The van der Waals surface area contributed by atoms with Gasteiger partial charge >= 0.3 is 0 Å². The molecule has 3 aliphatic rings. The fourth-order valence-electron chi connectivity index (χ4n) is 7.92. The summed E-state index contributed by atoms with van der Waals surface area (Å²) >= 11 is 1.65. The second-order valence-electron chi connectivity index (χ2n) is 15.1. The van der Waals surface area contributed by atoms with E-state index in [1.54, 1.807) is 26.0 Å². The second-order valence-corrected chi connectivity index (χ2v) is 16.3. The molecule has 7 unspecified atom stereocenters. The fraction of sp³-hybridized carbons (Fsp3) is 0.388. The lowest BCUT2D eigenvalue weighted by Gasteiger charge is -2.49. The molecule has 8 rings (SSSR count). The maximum absolute atomic E-state index is 6.90. The molecule has 316 valence electrons. The van der Waals surface area contributed by atoms with Crippen molar-refractivity contribution < 1.29 is 47.4 Å². The highest BCUT2D eigenvalue weighted by Crippen LogP contribution is 2.41. The molecule has 5 aromatic carbocycles. The summed E-state index contributed by atoms with van der Waals surface area (Å²) in [6.07, 6.45) is -5.48. The van der Waals surface area contributed by atoms with Crippen LogP contribution in [0.4, 0.5) is 0 Å². The molecule has 0 saturated carbocycles. The van der Waals surface area contributed by atoms with Crippen LogP contribution in [-0.2, 0) is 73.8 Å². The maximum atomic E-state index is 6.90. The molecule has 0 aromatic heterocycles. The monoisotopic (exact) mass is 834 g/mol. The summed E-state index contributed by atoms with van der Waals surface area (Å²) in [7, 11) is 3.30. The minimum atomic E-state index is -0.752. The first-order valence-corrected chi connectivity index (χ1v) is 21.6. The maximum Gasteiger partial charge on any atom is 0.186 e. The van der Waals surface area contributed by atoms with Crippen LogP contribution in [-0.4, -0.2) is 87.1 Å². The molecule has 11 atom stereocenters. The van der Waals surface area contributed by atoms with Crippen molar-refractivity contribution in [2.75, 3.05) is 26.6 Å². The van der Waals surface area contributed by atoms with Gasteiger partial charge in [-0.05, 0) is 22.3 Å². The van der Waals surface area contributed by atoms with Crippen molar-refractivity contribution in [3.8, 4) is 0 Å². The Hall–Kier alpha value is -3.95. The topological polar surface area (TPSA) is 92.3 Å². The minimum Gasteiger partial charge on any atom is -0.369 e. The van der Waals surface area contributed by atoms with Gasteiger partial charge in [0.2, 0.25) is 0 Å². The molecule has 0 N–H and O–H groups in total. The van der Waals surface area contributed by atoms with Crippen LogP contribution < -0.4 is 0 Å². The van der Waals surface area contributed by atoms with Crippen LogP contribution in [0.2, 0.25) is 0 Å². The molecular formula is C49H54O10S. The average Bonchev–Trinajstić information content (AvgIpc) is 3.32. The molecule has 3 saturated heterocycles. The number of hydrogen-bond donors (Lipinski definition) is 0. The van der Waals surface area contributed by atoms with Crippen molar-refractivity contribution in [2.45, 2.75) is 93.3 Å². The fourth-order valence-corrected chi connectivity index (χ4v) is 9.36. The van der Waals surface area contributed by atoms with E-state index < -0.39 is 61.6 Å². The standard InChI is InChI=1S/C49H54O10S/c1-50-48-45(55-31-37-24-14-6-15-25-37)43(53-29-35-20-10-4-11-21-35)41(52-28-34-18-8-3-9-19-34)40(58-48)33-60-46-44(54-30-36-22-12-5-13-23-36)42-39(57-49(46)51-2)32-56-47(59-42)38-26-16-7-17-27-38/h3-27,39-49H,28-33H2,1-2H3/t39?,40?,41-,42-,43?,44?,45?,46?,47?,48+,49-/m1/s1. The van der Waals surface area contributed by atoms with E-state index >= 15 is 0 Å². The van der Waals surface area contributed by atoms with Gasteiger partial charge in [0.1, 0.15) is 36.6 Å². The largest absolute Gasteiger partial charge is 0.369 e. The van der Waals surface area contributed by atoms with Gasteiger partial charge in [0.25, 0.3) is 0 Å². The van der Waals surface area contributed by atoms with Crippen LogP contribution in [0.1, 0.15) is 34.1 Å². The molecule has 3 fully saturated rings. The first-order chi connectivity index (χ1) is 29.7. The SMILES string of the molecule is CO[C@H]1OC(CSC2C(OCc3ccccc3)[C@@H]3OC(c4ccccc4)OCC3O[C@H]2OC)[C@@H](OCc2ccccc2)C(OCc2ccccc2)C1OCc1ccccc1. The van der Waals surface area contributed by atoms with Gasteiger partial charge in [-0.2, -0.15) is 0 Å². The van der Waals surface area contributed by atoms with E-state index in [-0.39, 0.29) is 5.25 Å². The van der Waals surface area contributed by atoms with E-state index in [4.69, 9.17) is 47.4 Å². The molecule has 0 aliphatic carbocycles. The van der Waals surface area contributed by atoms with Gasteiger partial charge in [-0.25, -0.2) is 0 Å². The highest BCUT2D eigenvalue weighted by Gasteiger charge is 2.53. The second kappa shape index (κ2) is 21.7. The predicted octanol–water partition coefficient (Wildman–Crippen LogP) is 8.29. The van der Waals surface area contributed by atoms with Crippen LogP contribution in [0, 0.1) is 0 Å². The van der Waals surface area contributed by atoms with Crippen LogP contribution in [0.5, 0.6) is 0 Å². The zero-order valence-corrected chi connectivity index (χ0v) is 34.8. The third kappa shape index (κ3) is 10.9. The Morgan fingerprint density at radius 3 is 1.43 bits per heavy atom. The molecular weight excluding hydrogens is 781 g/mol. The van der Waals surface area contributed by atoms with Gasteiger partial charge in [0, 0.05) is 25.5 Å². The third-order valence-corrected chi connectivity index (χ3v) is 12.4. The normalized spacial score (nSPS) is 29.1. The summed E-state index contributed by atoms with van der Waals surface area (Å²) in [6, 6.07) is 50.4. The zero-order valence-electron chi connectivity index (χ0n) is 34.0. The molecule has 10 nitrogen and oxygen atoms in total. The highest BCUT2D eigenvalue weighted by atomic mass is 32.2. The lowest BCUT2D eigenvalue weighted by atomic mass is 9.98. The van der Waals surface area contributed by atoms with E-state index in [9.17, 15) is 0 Å². The molecule has 3 aliphatic heterocycles. The summed E-state index contributed by atoms with van der Waals surface area (Å²) in [5.41, 5.74) is 5.08. The first kappa shape index (κ1) is 42.7. The third-order valence-electron chi connectivity index (χ3n) is 11.0. The van der Waals surface area contributed by atoms with Gasteiger partial charge in [-0.15, -0.1) is 11.8 Å². The Labute approximate surface area is 357 Å². The Morgan fingerprint density at radius 2 is 0.933 bits per heavy atom. The van der Waals surface area contributed by atoms with E-state index in [1.165, 1.54) is 0 Å². The molecule has 0 amide bonds. The van der Waals surface area contributed by atoms with E-state index in [2.05, 4.69) is 36.4 Å². The summed E-state index contributed by atoms with van der Waals surface area (Å²) in [6.45, 7) is 1.75. The molecule has 60 heavy (non-hydrogen) atoms. The molecule has 3 heterocycles. The molecule has 0 radical (unpaired) electrons. The van der Waals surface area contributed by atoms with Crippen LogP contribution >= 0.6 is 11.8 Å². The Bertz CT molecular complexity index is 1960. The predicted molar refractivity (Wildman–Crippen MR) is 228 cm³/mol. The summed E-state index contributed by atoms with van der Waals surface area (Å²) in [5, 5.41) is -0.329. The zero-order chi connectivity index (χ0) is 40.9. The van der Waals surface area contributed by atoms with E-state index in [0.29, 0.717) is 38.8 Å². The van der Waals surface area contributed by atoms with Crippen molar-refractivity contribution in [1.29, 1.82) is 0 Å². The van der Waals surface area contributed by atoms with Gasteiger partial charge in [-0.1, -0.05) is 152 Å². The Balaban J connectivity index is 1.08. The van der Waals surface area contributed by atoms with Crippen molar-refractivity contribution in [1.82, 2.24) is 0 Å². The number of ether oxygens (including phenoxy) is 10. The molecule has 0 spiro atoms. The lowest BCUT2D eigenvalue weighted by Crippen LogP contribution is -2.63. The number of rotatable bonds is 18. The van der Waals surface area contributed by atoms with Crippen LogP contribution in [0.15, 0.2) is 152 Å². The number of benzene rings is 5. The van der Waals surface area contributed by atoms with E-state index in [0.717, 1.165) is 27.8 Å². The van der Waals surface area contributed by atoms with Gasteiger partial charge in [0.05, 0.1) is 44.4 Å². The van der Waals surface area contributed by atoms with Crippen molar-refractivity contribution >= 4 is 11.8 Å². The smallest absolute Gasteiger partial charge is 0.186 e. The quantitative estimate of drug-likeness (QED) is 0.0855. The summed E-state index contributed by atoms with van der Waals surface area (Å²) in [4.78, 5) is 0. The van der Waals surface area contributed by atoms with Crippen LogP contribution in [0.3, 0.4) is 0 Å². The van der Waals surface area contributed by atoms with Crippen molar-refractivity contribution in [3.63, 3.8) is 0 Å². The number of hydrogen-bond acceptors (Lipinski definition) is 11. The minimum absolute atomic E-state index is 0.328. The summed E-state index contributed by atoms with van der Waals surface area (Å²) < 4.78 is 66.0. The molecule has 11 heteroatoms. The number of thioether (sulfide) groups is 1. The Morgan fingerprint density at radius 1 is 0.483 bits per heavy atom. The lowest BCUT2D eigenvalue weighted by molar-refractivity contribution is -0.337. The van der Waals surface area contributed by atoms with Gasteiger partial charge in [0.15, 0.2) is 18.9 Å². The average molecular weight is 835 g/mol. The van der Waals surface area contributed by atoms with Crippen LogP contribution in [0.25, 0.3) is 0 Å². The number of methoxy groups -OCH3 is 2. The van der Waals surface area contributed by atoms with Crippen molar-refractivity contribution in [3.05, 3.63) is 179 Å². The highest BCUT2D eigenvalue weighted by molar-refractivity contribution is 8.00. The van der Waals surface area contributed by atoms with E-state index in [1.807, 2.05) is 115 Å². The Kier molecular flexibility index (Phi) is 15.5. The summed E-state index contributed by atoms with van der Waals surface area (Å²) in [5.74, 6) is 0.463. The van der Waals surface area contributed by atoms with Gasteiger partial charge < -0.3 is 47.4 Å². The van der Waals surface area contributed by atoms with Crippen molar-refractivity contribution in [2.24, 2.45) is 0 Å².